The topological polar surface area (TPSA) is 65.9 Å². The highest BCUT2D eigenvalue weighted by Gasteiger charge is 2.03. The van der Waals surface area contributed by atoms with Crippen LogP contribution in [0.15, 0.2) is 23.2 Å². The Labute approximate surface area is 121 Å². The zero-order valence-corrected chi connectivity index (χ0v) is 12.7. The third kappa shape index (κ3) is 5.38. The van der Waals surface area contributed by atoms with Gasteiger partial charge in [0.2, 0.25) is 0 Å². The van der Waals surface area contributed by atoms with Gasteiger partial charge in [0.1, 0.15) is 0 Å². The number of benzene rings is 1. The number of phenolic OH excluding ortho intramolecular Hbond substituents is 1. The van der Waals surface area contributed by atoms with Gasteiger partial charge < -0.3 is 20.5 Å². The lowest BCUT2D eigenvalue weighted by Gasteiger charge is -2.13. The second-order valence-electron chi connectivity index (χ2n) is 4.98. The van der Waals surface area contributed by atoms with Crippen LogP contribution in [-0.2, 0) is 6.54 Å². The fourth-order valence-electron chi connectivity index (χ4n) is 1.65. The lowest BCUT2D eigenvalue weighted by Crippen LogP contribution is -2.39. The van der Waals surface area contributed by atoms with Gasteiger partial charge in [-0.25, -0.2) is 4.99 Å². The van der Waals surface area contributed by atoms with Crippen LogP contribution >= 0.6 is 0 Å². The molecule has 1 aromatic carbocycles. The Morgan fingerprint density at radius 3 is 2.65 bits per heavy atom. The predicted octanol–water partition coefficient (Wildman–Crippen LogP) is 2.11. The van der Waals surface area contributed by atoms with Crippen molar-refractivity contribution in [3.63, 3.8) is 0 Å². The monoisotopic (exact) mass is 279 g/mol. The standard InChI is InChI=1S/C15H25N3O2/c1-5-16-15(17-9-11(2)3)18-10-12-6-7-14(20-4)13(19)8-12/h6-8,11,19H,5,9-10H2,1-4H3,(H2,16,17,18). The highest BCUT2D eigenvalue weighted by molar-refractivity contribution is 5.79. The summed E-state index contributed by atoms with van der Waals surface area (Å²) in [5.41, 5.74) is 0.935. The van der Waals surface area contributed by atoms with E-state index < -0.39 is 0 Å². The molecule has 0 aliphatic rings. The lowest BCUT2D eigenvalue weighted by atomic mass is 10.2. The van der Waals surface area contributed by atoms with Gasteiger partial charge in [-0.2, -0.15) is 0 Å². The minimum Gasteiger partial charge on any atom is -0.504 e. The van der Waals surface area contributed by atoms with E-state index in [1.165, 1.54) is 7.11 Å². The van der Waals surface area contributed by atoms with Crippen LogP contribution in [0.4, 0.5) is 0 Å². The molecule has 0 aromatic heterocycles. The molecule has 0 atom stereocenters. The predicted molar refractivity (Wildman–Crippen MR) is 82.3 cm³/mol. The average Bonchev–Trinajstić information content (AvgIpc) is 2.42. The summed E-state index contributed by atoms with van der Waals surface area (Å²) < 4.78 is 5.02. The highest BCUT2D eigenvalue weighted by Crippen LogP contribution is 2.26. The molecule has 0 unspecified atom stereocenters. The van der Waals surface area contributed by atoms with E-state index in [0.717, 1.165) is 24.6 Å². The highest BCUT2D eigenvalue weighted by atomic mass is 16.5. The van der Waals surface area contributed by atoms with Crippen molar-refractivity contribution >= 4 is 5.96 Å². The van der Waals surface area contributed by atoms with Crippen LogP contribution < -0.4 is 15.4 Å². The number of hydrogen-bond donors (Lipinski definition) is 3. The van der Waals surface area contributed by atoms with E-state index in [1.54, 1.807) is 12.1 Å². The van der Waals surface area contributed by atoms with Gasteiger partial charge in [0.15, 0.2) is 17.5 Å². The van der Waals surface area contributed by atoms with Gasteiger partial charge in [0.25, 0.3) is 0 Å². The summed E-state index contributed by atoms with van der Waals surface area (Å²) in [6.07, 6.45) is 0. The Morgan fingerprint density at radius 2 is 2.10 bits per heavy atom. The van der Waals surface area contributed by atoms with Crippen molar-refractivity contribution in [1.82, 2.24) is 10.6 Å². The number of aliphatic imine (C=N–C) groups is 1. The third-order valence-electron chi connectivity index (χ3n) is 2.68. The van der Waals surface area contributed by atoms with Gasteiger partial charge in [0, 0.05) is 13.1 Å². The number of hydrogen-bond acceptors (Lipinski definition) is 3. The maximum absolute atomic E-state index is 9.73. The van der Waals surface area contributed by atoms with E-state index in [4.69, 9.17) is 4.74 Å². The van der Waals surface area contributed by atoms with Crippen LogP contribution in [0.5, 0.6) is 11.5 Å². The van der Waals surface area contributed by atoms with Crippen molar-refractivity contribution in [2.24, 2.45) is 10.9 Å². The van der Waals surface area contributed by atoms with Gasteiger partial charge in [-0.3, -0.25) is 0 Å². The number of guanidine groups is 1. The van der Waals surface area contributed by atoms with Crippen molar-refractivity contribution in [2.75, 3.05) is 20.2 Å². The Balaban J connectivity index is 2.68. The second-order valence-corrected chi connectivity index (χ2v) is 4.98. The lowest BCUT2D eigenvalue weighted by molar-refractivity contribution is 0.373. The van der Waals surface area contributed by atoms with E-state index in [-0.39, 0.29) is 5.75 Å². The van der Waals surface area contributed by atoms with E-state index >= 15 is 0 Å². The molecule has 0 spiro atoms. The molecule has 3 N–H and O–H groups in total. The fourth-order valence-corrected chi connectivity index (χ4v) is 1.65. The normalized spacial score (nSPS) is 11.6. The minimum absolute atomic E-state index is 0.139. The molecule has 0 amide bonds. The molecule has 5 nitrogen and oxygen atoms in total. The Morgan fingerprint density at radius 1 is 1.35 bits per heavy atom. The molecule has 1 rings (SSSR count). The van der Waals surface area contributed by atoms with E-state index in [9.17, 15) is 5.11 Å². The van der Waals surface area contributed by atoms with Crippen molar-refractivity contribution in [1.29, 1.82) is 0 Å². The van der Waals surface area contributed by atoms with E-state index in [0.29, 0.717) is 18.2 Å². The molecule has 0 fully saturated rings. The molecule has 20 heavy (non-hydrogen) atoms. The minimum atomic E-state index is 0.139. The largest absolute Gasteiger partial charge is 0.504 e. The van der Waals surface area contributed by atoms with Crippen molar-refractivity contribution < 1.29 is 9.84 Å². The van der Waals surface area contributed by atoms with Crippen LogP contribution in [-0.4, -0.2) is 31.3 Å². The molecule has 0 saturated heterocycles. The SMILES string of the molecule is CCNC(=NCc1ccc(OC)c(O)c1)NCC(C)C. The summed E-state index contributed by atoms with van der Waals surface area (Å²) in [6.45, 7) is 8.53. The zero-order chi connectivity index (χ0) is 15.0. The number of nitrogens with one attached hydrogen (secondary N) is 2. The maximum Gasteiger partial charge on any atom is 0.191 e. The number of ether oxygens (including phenoxy) is 1. The quantitative estimate of drug-likeness (QED) is 0.551. The van der Waals surface area contributed by atoms with Crippen LogP contribution in [0.1, 0.15) is 26.3 Å². The van der Waals surface area contributed by atoms with Crippen LogP contribution in [0.25, 0.3) is 0 Å². The Kier molecular flexibility index (Phi) is 6.70. The Hall–Kier alpha value is -1.91. The number of methoxy groups -OCH3 is 1. The molecule has 0 heterocycles. The van der Waals surface area contributed by atoms with Gasteiger partial charge in [-0.15, -0.1) is 0 Å². The van der Waals surface area contributed by atoms with Gasteiger partial charge in [0.05, 0.1) is 13.7 Å². The number of rotatable bonds is 6. The third-order valence-corrected chi connectivity index (χ3v) is 2.68. The van der Waals surface area contributed by atoms with Crippen molar-refractivity contribution in [2.45, 2.75) is 27.3 Å². The molecule has 0 aliphatic carbocycles. The first-order valence-corrected chi connectivity index (χ1v) is 6.94. The molecule has 5 heteroatoms. The molecule has 0 bridgehead atoms. The molecule has 1 aromatic rings. The van der Waals surface area contributed by atoms with Crippen LogP contribution in [0.2, 0.25) is 0 Å². The summed E-state index contributed by atoms with van der Waals surface area (Å²) in [5, 5.41) is 16.2. The first-order valence-electron chi connectivity index (χ1n) is 6.94. The number of phenols is 1. The summed E-state index contributed by atoms with van der Waals surface area (Å²) in [4.78, 5) is 4.49. The molecule has 112 valence electrons. The van der Waals surface area contributed by atoms with Crippen LogP contribution in [0, 0.1) is 5.92 Å². The van der Waals surface area contributed by atoms with Gasteiger partial charge >= 0.3 is 0 Å². The maximum atomic E-state index is 9.73. The summed E-state index contributed by atoms with van der Waals surface area (Å²) in [7, 11) is 1.53. The number of nitrogens with zero attached hydrogens (tertiary/aromatic N) is 1. The Bertz CT molecular complexity index is 445. The van der Waals surface area contributed by atoms with Gasteiger partial charge in [-0.1, -0.05) is 19.9 Å². The second kappa shape index (κ2) is 8.30. The first kappa shape index (κ1) is 16.1. The molecule has 0 saturated carbocycles. The van der Waals surface area contributed by atoms with Crippen LogP contribution in [0.3, 0.4) is 0 Å². The van der Waals surface area contributed by atoms with E-state index in [1.807, 2.05) is 13.0 Å². The summed E-state index contributed by atoms with van der Waals surface area (Å²) in [5.74, 6) is 1.96. The smallest absolute Gasteiger partial charge is 0.191 e. The fraction of sp³-hybridized carbons (Fsp3) is 0.533. The molecule has 0 radical (unpaired) electrons. The zero-order valence-electron chi connectivity index (χ0n) is 12.7. The summed E-state index contributed by atoms with van der Waals surface area (Å²) >= 11 is 0. The summed E-state index contributed by atoms with van der Waals surface area (Å²) in [6, 6.07) is 5.32. The molecule has 0 aliphatic heterocycles. The molecular weight excluding hydrogens is 254 g/mol. The number of aromatic hydroxyl groups is 1. The molecular formula is C15H25N3O2. The van der Waals surface area contributed by atoms with Crippen molar-refractivity contribution in [3.05, 3.63) is 23.8 Å². The average molecular weight is 279 g/mol. The van der Waals surface area contributed by atoms with Crippen molar-refractivity contribution in [3.8, 4) is 11.5 Å². The first-order chi connectivity index (χ1) is 9.56. The van der Waals surface area contributed by atoms with Gasteiger partial charge in [-0.05, 0) is 30.5 Å². The van der Waals surface area contributed by atoms with E-state index in [2.05, 4.69) is 29.5 Å².